The average Bonchev–Trinajstić information content (AvgIpc) is 2.44. The highest BCUT2D eigenvalue weighted by molar-refractivity contribution is 5.99. The minimum atomic E-state index is -0.00990. The minimum Gasteiger partial charge on any atom is -0.486 e. The molecule has 1 heterocycles. The standard InChI is InChI=1S/C15H19NO3/c1-4-12-9-16(15(18)5-2)13-8-11(10(3)17)6-7-14(13)19-12/h6-8,12H,4-5,9H2,1-3H3. The summed E-state index contributed by atoms with van der Waals surface area (Å²) in [5, 5.41) is 0. The maximum atomic E-state index is 12.1. The van der Waals surface area contributed by atoms with Crippen LogP contribution in [0.25, 0.3) is 0 Å². The molecule has 1 atom stereocenters. The Kier molecular flexibility index (Phi) is 3.88. The molecule has 19 heavy (non-hydrogen) atoms. The van der Waals surface area contributed by atoms with E-state index in [1.54, 1.807) is 23.1 Å². The van der Waals surface area contributed by atoms with Crippen molar-refractivity contribution >= 4 is 17.4 Å². The van der Waals surface area contributed by atoms with E-state index in [-0.39, 0.29) is 17.8 Å². The molecule has 1 unspecified atom stereocenters. The quantitative estimate of drug-likeness (QED) is 0.786. The van der Waals surface area contributed by atoms with E-state index in [9.17, 15) is 9.59 Å². The summed E-state index contributed by atoms with van der Waals surface area (Å²) in [5.74, 6) is 0.734. The molecule has 0 saturated heterocycles. The third-order valence-electron chi connectivity index (χ3n) is 3.39. The lowest BCUT2D eigenvalue weighted by Gasteiger charge is -2.34. The van der Waals surface area contributed by atoms with Gasteiger partial charge in [0.15, 0.2) is 5.78 Å². The van der Waals surface area contributed by atoms with E-state index in [1.165, 1.54) is 6.92 Å². The van der Waals surface area contributed by atoms with E-state index in [0.717, 1.165) is 6.42 Å². The Morgan fingerprint density at radius 1 is 1.37 bits per heavy atom. The van der Waals surface area contributed by atoms with Crippen LogP contribution < -0.4 is 9.64 Å². The smallest absolute Gasteiger partial charge is 0.226 e. The molecule has 0 aromatic heterocycles. The molecule has 0 radical (unpaired) electrons. The number of fused-ring (bicyclic) bond motifs is 1. The van der Waals surface area contributed by atoms with Gasteiger partial charge in [-0.2, -0.15) is 0 Å². The molecule has 0 aliphatic carbocycles. The summed E-state index contributed by atoms with van der Waals surface area (Å²) in [7, 11) is 0. The van der Waals surface area contributed by atoms with Crippen molar-refractivity contribution in [1.29, 1.82) is 0 Å². The second-order valence-electron chi connectivity index (χ2n) is 4.74. The summed E-state index contributed by atoms with van der Waals surface area (Å²) in [6.45, 7) is 5.95. The average molecular weight is 261 g/mol. The zero-order valence-corrected chi connectivity index (χ0v) is 11.6. The van der Waals surface area contributed by atoms with Gasteiger partial charge in [0, 0.05) is 12.0 Å². The lowest BCUT2D eigenvalue weighted by Crippen LogP contribution is -2.43. The number of benzene rings is 1. The van der Waals surface area contributed by atoms with E-state index in [0.29, 0.717) is 30.0 Å². The third-order valence-corrected chi connectivity index (χ3v) is 3.39. The molecular formula is C15H19NO3. The first-order chi connectivity index (χ1) is 9.06. The van der Waals surface area contributed by atoms with Gasteiger partial charge in [0.25, 0.3) is 0 Å². The van der Waals surface area contributed by atoms with Crippen LogP contribution in [0.1, 0.15) is 44.0 Å². The first kappa shape index (κ1) is 13.6. The molecule has 0 N–H and O–H groups in total. The zero-order valence-electron chi connectivity index (χ0n) is 11.6. The minimum absolute atomic E-state index is 0.00990. The molecule has 1 aliphatic rings. The van der Waals surface area contributed by atoms with Crippen LogP contribution >= 0.6 is 0 Å². The number of nitrogens with zero attached hydrogens (tertiary/aromatic N) is 1. The first-order valence-electron chi connectivity index (χ1n) is 6.68. The van der Waals surface area contributed by atoms with E-state index >= 15 is 0 Å². The van der Waals surface area contributed by atoms with Crippen molar-refractivity contribution in [2.75, 3.05) is 11.4 Å². The summed E-state index contributed by atoms with van der Waals surface area (Å²) in [6, 6.07) is 5.27. The normalized spacial score (nSPS) is 17.6. The molecule has 1 amide bonds. The van der Waals surface area contributed by atoms with Gasteiger partial charge in [-0.3, -0.25) is 9.59 Å². The van der Waals surface area contributed by atoms with Crippen LogP contribution in [-0.4, -0.2) is 24.3 Å². The Hall–Kier alpha value is -1.84. The Balaban J connectivity index is 2.45. The topological polar surface area (TPSA) is 46.6 Å². The predicted molar refractivity (Wildman–Crippen MR) is 73.8 cm³/mol. The van der Waals surface area contributed by atoms with Gasteiger partial charge in [-0.05, 0) is 31.5 Å². The summed E-state index contributed by atoms with van der Waals surface area (Å²) in [5.41, 5.74) is 1.32. The fourth-order valence-corrected chi connectivity index (χ4v) is 2.21. The van der Waals surface area contributed by atoms with E-state index in [2.05, 4.69) is 0 Å². The lowest BCUT2D eigenvalue weighted by molar-refractivity contribution is -0.118. The van der Waals surface area contributed by atoms with Crippen LogP contribution in [0.2, 0.25) is 0 Å². The number of hydrogen-bond donors (Lipinski definition) is 0. The zero-order chi connectivity index (χ0) is 14.0. The molecule has 1 aromatic carbocycles. The van der Waals surface area contributed by atoms with E-state index in [4.69, 9.17) is 4.74 Å². The number of carbonyl (C=O) groups excluding carboxylic acids is 2. The van der Waals surface area contributed by atoms with E-state index in [1.807, 2.05) is 13.8 Å². The highest BCUT2D eigenvalue weighted by Crippen LogP contribution is 2.35. The molecule has 4 heteroatoms. The van der Waals surface area contributed by atoms with Crippen molar-refractivity contribution in [1.82, 2.24) is 0 Å². The highest BCUT2D eigenvalue weighted by Gasteiger charge is 2.28. The van der Waals surface area contributed by atoms with Crippen LogP contribution in [-0.2, 0) is 4.79 Å². The van der Waals surface area contributed by atoms with Gasteiger partial charge in [0.1, 0.15) is 11.9 Å². The molecule has 0 saturated carbocycles. The van der Waals surface area contributed by atoms with Gasteiger partial charge in [0.2, 0.25) is 5.91 Å². The third kappa shape index (κ3) is 2.62. The number of ether oxygens (including phenoxy) is 1. The Labute approximate surface area is 113 Å². The van der Waals surface area contributed by atoms with Crippen LogP contribution in [0.3, 0.4) is 0 Å². The van der Waals surface area contributed by atoms with Crippen LogP contribution in [0.4, 0.5) is 5.69 Å². The molecule has 4 nitrogen and oxygen atoms in total. The molecule has 1 aromatic rings. The van der Waals surface area contributed by atoms with Gasteiger partial charge in [-0.15, -0.1) is 0 Å². The molecule has 1 aliphatic heterocycles. The van der Waals surface area contributed by atoms with Crippen LogP contribution in [0, 0.1) is 0 Å². The van der Waals surface area contributed by atoms with Crippen LogP contribution in [0.15, 0.2) is 18.2 Å². The Morgan fingerprint density at radius 3 is 2.68 bits per heavy atom. The Bertz CT molecular complexity index is 510. The molecule has 0 spiro atoms. The number of rotatable bonds is 3. The van der Waals surface area contributed by atoms with Gasteiger partial charge >= 0.3 is 0 Å². The van der Waals surface area contributed by atoms with Crippen molar-refractivity contribution < 1.29 is 14.3 Å². The maximum Gasteiger partial charge on any atom is 0.226 e. The SMILES string of the molecule is CCC(=O)N1CC(CC)Oc2ccc(C(C)=O)cc21. The van der Waals surface area contributed by atoms with Crippen molar-refractivity contribution in [3.8, 4) is 5.75 Å². The molecule has 102 valence electrons. The summed E-state index contributed by atoms with van der Waals surface area (Å²) in [4.78, 5) is 25.2. The second-order valence-corrected chi connectivity index (χ2v) is 4.74. The fourth-order valence-electron chi connectivity index (χ4n) is 2.21. The lowest BCUT2D eigenvalue weighted by atomic mass is 10.1. The largest absolute Gasteiger partial charge is 0.486 e. The fraction of sp³-hybridized carbons (Fsp3) is 0.467. The first-order valence-corrected chi connectivity index (χ1v) is 6.68. The van der Waals surface area contributed by atoms with Gasteiger partial charge < -0.3 is 9.64 Å². The van der Waals surface area contributed by atoms with Crippen LogP contribution in [0.5, 0.6) is 5.75 Å². The van der Waals surface area contributed by atoms with Crippen molar-refractivity contribution in [2.45, 2.75) is 39.7 Å². The van der Waals surface area contributed by atoms with Crippen molar-refractivity contribution in [3.05, 3.63) is 23.8 Å². The predicted octanol–water partition coefficient (Wildman–Crippen LogP) is 2.80. The number of hydrogen-bond acceptors (Lipinski definition) is 3. The molecule has 2 rings (SSSR count). The van der Waals surface area contributed by atoms with Crippen molar-refractivity contribution in [3.63, 3.8) is 0 Å². The number of ketones is 1. The number of amides is 1. The van der Waals surface area contributed by atoms with Gasteiger partial charge in [0.05, 0.1) is 12.2 Å². The number of anilines is 1. The monoisotopic (exact) mass is 261 g/mol. The van der Waals surface area contributed by atoms with E-state index < -0.39 is 0 Å². The summed E-state index contributed by atoms with van der Waals surface area (Å²) < 4.78 is 5.84. The summed E-state index contributed by atoms with van der Waals surface area (Å²) >= 11 is 0. The van der Waals surface area contributed by atoms with Gasteiger partial charge in [-0.1, -0.05) is 13.8 Å². The highest BCUT2D eigenvalue weighted by atomic mass is 16.5. The number of carbonyl (C=O) groups is 2. The number of Topliss-reactive ketones (excluding diaryl/α,β-unsaturated/α-hetero) is 1. The molecule has 0 bridgehead atoms. The second kappa shape index (κ2) is 5.43. The van der Waals surface area contributed by atoms with Gasteiger partial charge in [-0.25, -0.2) is 0 Å². The Morgan fingerprint density at radius 2 is 2.11 bits per heavy atom. The maximum absolute atomic E-state index is 12.1. The molecular weight excluding hydrogens is 242 g/mol. The van der Waals surface area contributed by atoms with Crippen molar-refractivity contribution in [2.24, 2.45) is 0 Å². The molecule has 0 fully saturated rings. The summed E-state index contributed by atoms with van der Waals surface area (Å²) in [6.07, 6.45) is 1.31.